The largest absolute Gasteiger partial charge is 0.337 e. The predicted octanol–water partition coefficient (Wildman–Crippen LogP) is 1.63. The van der Waals surface area contributed by atoms with E-state index in [-0.39, 0.29) is 11.3 Å². The Balaban J connectivity index is 1.79. The van der Waals surface area contributed by atoms with Gasteiger partial charge in [0.15, 0.2) is 0 Å². The molecule has 1 atom stereocenters. The molecule has 2 fully saturated rings. The first-order valence-corrected chi connectivity index (χ1v) is 7.54. The first kappa shape index (κ1) is 13.9. The van der Waals surface area contributed by atoms with E-state index in [1.165, 1.54) is 19.0 Å². The molecule has 0 saturated carbocycles. The summed E-state index contributed by atoms with van der Waals surface area (Å²) in [5, 5.41) is 4.51. The number of aromatic nitrogens is 2. The number of halogens is 1. The topological polar surface area (TPSA) is 41.4 Å². The van der Waals surface area contributed by atoms with E-state index in [1.54, 1.807) is 11.7 Å². The first-order chi connectivity index (χ1) is 9.51. The third-order valence-corrected chi connectivity index (χ3v) is 4.95. The van der Waals surface area contributed by atoms with E-state index < -0.39 is 0 Å². The van der Waals surface area contributed by atoms with Crippen LogP contribution in [0.25, 0.3) is 0 Å². The lowest BCUT2D eigenvalue weighted by Gasteiger charge is -2.40. The molecule has 1 spiro atoms. The van der Waals surface area contributed by atoms with Crippen molar-refractivity contribution in [2.24, 2.45) is 12.5 Å². The van der Waals surface area contributed by atoms with Gasteiger partial charge in [0.25, 0.3) is 5.91 Å². The van der Waals surface area contributed by atoms with Crippen molar-refractivity contribution >= 4 is 17.5 Å². The van der Waals surface area contributed by atoms with Crippen LogP contribution in [0.5, 0.6) is 0 Å². The highest BCUT2D eigenvalue weighted by Crippen LogP contribution is 2.38. The second-order valence-electron chi connectivity index (χ2n) is 6.28. The van der Waals surface area contributed by atoms with Gasteiger partial charge < -0.3 is 9.80 Å². The zero-order valence-electron chi connectivity index (χ0n) is 12.1. The predicted molar refractivity (Wildman–Crippen MR) is 77.9 cm³/mol. The minimum absolute atomic E-state index is 0.0172. The van der Waals surface area contributed by atoms with Crippen molar-refractivity contribution in [2.75, 3.05) is 33.2 Å². The molecule has 0 aliphatic carbocycles. The van der Waals surface area contributed by atoms with Crippen LogP contribution in [0.15, 0.2) is 6.20 Å². The van der Waals surface area contributed by atoms with E-state index in [9.17, 15) is 4.79 Å². The Bertz CT molecular complexity index is 506. The van der Waals surface area contributed by atoms with Gasteiger partial charge in [-0.1, -0.05) is 11.6 Å². The van der Waals surface area contributed by atoms with E-state index >= 15 is 0 Å². The molecule has 2 saturated heterocycles. The fourth-order valence-corrected chi connectivity index (χ4v) is 3.92. The lowest BCUT2D eigenvalue weighted by Crippen LogP contribution is -2.47. The average molecular weight is 297 g/mol. The number of piperidine rings is 1. The summed E-state index contributed by atoms with van der Waals surface area (Å²) in [5.74, 6) is 0.0172. The van der Waals surface area contributed by atoms with Crippen LogP contribution in [0.2, 0.25) is 5.02 Å². The van der Waals surface area contributed by atoms with Crippen LogP contribution in [0.1, 0.15) is 29.8 Å². The maximum absolute atomic E-state index is 12.7. The van der Waals surface area contributed by atoms with E-state index in [0.717, 1.165) is 32.6 Å². The third-order valence-electron chi connectivity index (χ3n) is 4.67. The fraction of sp³-hybridized carbons (Fsp3) is 0.714. The molecule has 2 aliphatic rings. The highest BCUT2D eigenvalue weighted by atomic mass is 35.5. The summed E-state index contributed by atoms with van der Waals surface area (Å²) >= 11 is 6.09. The van der Waals surface area contributed by atoms with E-state index in [1.807, 2.05) is 4.90 Å². The molecule has 1 aromatic heterocycles. The quantitative estimate of drug-likeness (QED) is 0.791. The van der Waals surface area contributed by atoms with Crippen LogP contribution in [-0.4, -0.2) is 58.7 Å². The van der Waals surface area contributed by atoms with Crippen molar-refractivity contribution in [3.63, 3.8) is 0 Å². The summed E-state index contributed by atoms with van der Waals surface area (Å²) < 4.78 is 1.58. The molecule has 20 heavy (non-hydrogen) atoms. The molecule has 0 radical (unpaired) electrons. The summed E-state index contributed by atoms with van der Waals surface area (Å²) in [7, 11) is 3.93. The number of aryl methyl sites for hydroxylation is 1. The molecule has 110 valence electrons. The van der Waals surface area contributed by atoms with Crippen molar-refractivity contribution in [1.29, 1.82) is 0 Å². The van der Waals surface area contributed by atoms with Crippen molar-refractivity contribution < 1.29 is 4.79 Å². The minimum atomic E-state index is 0.0172. The van der Waals surface area contributed by atoms with Crippen LogP contribution >= 0.6 is 11.6 Å². The van der Waals surface area contributed by atoms with E-state index in [2.05, 4.69) is 17.0 Å². The molecular weight excluding hydrogens is 276 g/mol. The Hall–Kier alpha value is -1.07. The number of likely N-dealkylation sites (tertiary alicyclic amines) is 2. The van der Waals surface area contributed by atoms with E-state index in [4.69, 9.17) is 11.6 Å². The van der Waals surface area contributed by atoms with Crippen LogP contribution in [-0.2, 0) is 7.05 Å². The number of nitrogens with zero attached hydrogens (tertiary/aromatic N) is 4. The Morgan fingerprint density at radius 2 is 2.10 bits per heavy atom. The Labute approximate surface area is 124 Å². The van der Waals surface area contributed by atoms with Crippen molar-refractivity contribution in [1.82, 2.24) is 19.6 Å². The summed E-state index contributed by atoms with van der Waals surface area (Å²) in [4.78, 5) is 17.0. The second kappa shape index (κ2) is 5.04. The fourth-order valence-electron chi connectivity index (χ4n) is 3.67. The number of carbonyl (C=O) groups is 1. The Morgan fingerprint density at radius 3 is 2.70 bits per heavy atom. The monoisotopic (exact) mass is 296 g/mol. The Morgan fingerprint density at radius 1 is 1.30 bits per heavy atom. The van der Waals surface area contributed by atoms with Gasteiger partial charge in [0.1, 0.15) is 5.69 Å². The first-order valence-electron chi connectivity index (χ1n) is 7.16. The van der Waals surface area contributed by atoms with Gasteiger partial charge in [-0.15, -0.1) is 0 Å². The van der Waals surface area contributed by atoms with Crippen molar-refractivity contribution in [3.8, 4) is 0 Å². The lowest BCUT2D eigenvalue weighted by atomic mass is 9.79. The van der Waals surface area contributed by atoms with Crippen molar-refractivity contribution in [3.05, 3.63) is 16.9 Å². The van der Waals surface area contributed by atoms with Gasteiger partial charge in [-0.3, -0.25) is 9.48 Å². The zero-order valence-corrected chi connectivity index (χ0v) is 12.9. The molecule has 0 bridgehead atoms. The third kappa shape index (κ3) is 2.33. The summed E-state index contributed by atoms with van der Waals surface area (Å²) in [6.07, 6.45) is 5.03. The van der Waals surface area contributed by atoms with Gasteiger partial charge >= 0.3 is 0 Å². The van der Waals surface area contributed by atoms with Gasteiger partial charge in [0, 0.05) is 32.1 Å². The molecule has 0 aromatic carbocycles. The summed E-state index contributed by atoms with van der Waals surface area (Å²) in [6.45, 7) is 3.90. The molecular formula is C14H21ClN4O. The van der Waals surface area contributed by atoms with Gasteiger partial charge in [-0.05, 0) is 32.9 Å². The molecule has 3 heterocycles. The number of amides is 1. The molecule has 2 aliphatic heterocycles. The van der Waals surface area contributed by atoms with Gasteiger partial charge in [0.2, 0.25) is 0 Å². The standard InChI is InChI=1S/C14H21ClN4O/c1-17-7-5-14(9-17)4-3-6-19(10-14)13(20)12-11(15)8-16-18(12)2/h8H,3-7,9-10H2,1-2H3. The summed E-state index contributed by atoms with van der Waals surface area (Å²) in [5.41, 5.74) is 0.795. The zero-order chi connectivity index (χ0) is 14.3. The molecule has 6 heteroatoms. The van der Waals surface area contributed by atoms with Crippen molar-refractivity contribution in [2.45, 2.75) is 19.3 Å². The number of carbonyl (C=O) groups excluding carboxylic acids is 1. The van der Waals surface area contributed by atoms with Gasteiger partial charge in [-0.2, -0.15) is 5.10 Å². The minimum Gasteiger partial charge on any atom is -0.337 e. The van der Waals surface area contributed by atoms with Crippen LogP contribution in [0, 0.1) is 5.41 Å². The molecule has 3 rings (SSSR count). The smallest absolute Gasteiger partial charge is 0.273 e. The highest BCUT2D eigenvalue weighted by molar-refractivity contribution is 6.33. The molecule has 1 amide bonds. The second-order valence-corrected chi connectivity index (χ2v) is 6.69. The lowest BCUT2D eigenvalue weighted by molar-refractivity contribution is 0.0524. The van der Waals surface area contributed by atoms with Gasteiger partial charge in [0.05, 0.1) is 11.2 Å². The highest BCUT2D eigenvalue weighted by Gasteiger charge is 2.42. The maximum Gasteiger partial charge on any atom is 0.273 e. The van der Waals surface area contributed by atoms with Crippen LogP contribution < -0.4 is 0 Å². The summed E-state index contributed by atoms with van der Waals surface area (Å²) in [6, 6.07) is 0. The maximum atomic E-state index is 12.7. The Kier molecular flexibility index (Phi) is 3.50. The molecule has 5 nitrogen and oxygen atoms in total. The van der Waals surface area contributed by atoms with Gasteiger partial charge in [-0.25, -0.2) is 0 Å². The average Bonchev–Trinajstić information content (AvgIpc) is 2.93. The molecule has 1 unspecified atom stereocenters. The number of hydrogen-bond acceptors (Lipinski definition) is 3. The number of hydrogen-bond donors (Lipinski definition) is 0. The normalized spacial score (nSPS) is 27.4. The van der Waals surface area contributed by atoms with Crippen LogP contribution in [0.3, 0.4) is 0 Å². The SMILES string of the molecule is CN1CCC2(CCCN(C(=O)c3c(Cl)cnn3C)C2)C1. The molecule has 0 N–H and O–H groups in total. The number of rotatable bonds is 1. The van der Waals surface area contributed by atoms with Crippen LogP contribution in [0.4, 0.5) is 0 Å². The van der Waals surface area contributed by atoms with E-state index in [0.29, 0.717) is 10.7 Å². The molecule has 1 aromatic rings.